The van der Waals surface area contributed by atoms with E-state index >= 15 is 0 Å². The number of nitro groups is 1. The molecule has 0 saturated heterocycles. The van der Waals surface area contributed by atoms with Gasteiger partial charge < -0.3 is 10.2 Å². The highest BCUT2D eigenvalue weighted by Gasteiger charge is 2.26. The van der Waals surface area contributed by atoms with Crippen molar-refractivity contribution in [3.63, 3.8) is 0 Å². The largest absolute Gasteiger partial charge is 0.364 e. The Labute approximate surface area is 124 Å². The van der Waals surface area contributed by atoms with Crippen molar-refractivity contribution in [2.24, 2.45) is 5.92 Å². The van der Waals surface area contributed by atoms with E-state index in [1.54, 1.807) is 4.90 Å². The minimum atomic E-state index is -0.479. The molecule has 0 radical (unpaired) electrons. The molecular weight excluding hydrogens is 272 g/mol. The number of nitriles is 1. The topological polar surface area (TPSA) is 108 Å². The van der Waals surface area contributed by atoms with E-state index in [0.717, 1.165) is 0 Å². The Morgan fingerprint density at radius 1 is 1.52 bits per heavy atom. The molecule has 0 aliphatic rings. The fraction of sp³-hybridized carbons (Fsp3) is 0.615. The monoisotopic (exact) mass is 292 g/mol. The van der Waals surface area contributed by atoms with Crippen molar-refractivity contribution in [3.8, 4) is 6.07 Å². The third kappa shape index (κ3) is 4.56. The van der Waals surface area contributed by atoms with Gasteiger partial charge in [0.2, 0.25) is 11.6 Å². The summed E-state index contributed by atoms with van der Waals surface area (Å²) in [5.41, 5.74) is -0.141. The minimum Gasteiger partial charge on any atom is -0.364 e. The molecule has 0 amide bonds. The number of nitrogens with one attached hydrogen (secondary N) is 1. The van der Waals surface area contributed by atoms with Gasteiger partial charge in [0, 0.05) is 19.6 Å². The minimum absolute atomic E-state index is 0.141. The Bertz CT molecular complexity index is 526. The molecule has 1 rings (SSSR count). The van der Waals surface area contributed by atoms with Crippen LogP contribution in [-0.4, -0.2) is 34.5 Å². The lowest BCUT2D eigenvalue weighted by atomic mass is 10.2. The van der Waals surface area contributed by atoms with Gasteiger partial charge in [-0.2, -0.15) is 5.26 Å². The van der Waals surface area contributed by atoms with Crippen LogP contribution in [0.4, 0.5) is 17.3 Å². The highest BCUT2D eigenvalue weighted by atomic mass is 16.6. The molecule has 0 unspecified atom stereocenters. The van der Waals surface area contributed by atoms with Gasteiger partial charge in [-0.3, -0.25) is 10.1 Å². The summed E-state index contributed by atoms with van der Waals surface area (Å²) in [5.74, 6) is 0.758. The Hall–Kier alpha value is -2.43. The highest BCUT2D eigenvalue weighted by molar-refractivity contribution is 5.70. The molecule has 8 heteroatoms. The molecule has 1 aromatic rings. The molecule has 0 aliphatic carbocycles. The van der Waals surface area contributed by atoms with Crippen LogP contribution in [0, 0.1) is 27.4 Å². The van der Waals surface area contributed by atoms with Crippen LogP contribution >= 0.6 is 0 Å². The molecule has 1 N–H and O–H groups in total. The average Bonchev–Trinajstić information content (AvgIpc) is 2.43. The molecule has 0 spiro atoms. The van der Waals surface area contributed by atoms with Gasteiger partial charge in [-0.25, -0.2) is 9.97 Å². The van der Waals surface area contributed by atoms with Crippen molar-refractivity contribution in [3.05, 3.63) is 16.4 Å². The van der Waals surface area contributed by atoms with E-state index in [0.29, 0.717) is 25.6 Å². The smallest absolute Gasteiger partial charge is 0.353 e. The Morgan fingerprint density at radius 2 is 2.24 bits per heavy atom. The Balaban J connectivity index is 3.25. The molecule has 8 nitrogen and oxygen atoms in total. The standard InChI is InChI=1S/C13H20N6O2/c1-4-15-12-11(19(20)21)13(17-9-16-12)18(7-5-6-14)8-10(2)3/h9-10H,4-5,7-8H2,1-3H3,(H,15,16,17). The fourth-order valence-electron chi connectivity index (χ4n) is 1.98. The lowest BCUT2D eigenvalue weighted by molar-refractivity contribution is -0.383. The summed E-state index contributed by atoms with van der Waals surface area (Å²) in [4.78, 5) is 20.7. The lowest BCUT2D eigenvalue weighted by Gasteiger charge is -2.24. The van der Waals surface area contributed by atoms with E-state index < -0.39 is 4.92 Å². The van der Waals surface area contributed by atoms with Crippen molar-refractivity contribution in [2.45, 2.75) is 27.2 Å². The Kier molecular flexibility index (Phi) is 6.33. The predicted molar refractivity (Wildman–Crippen MR) is 80.1 cm³/mol. The number of hydrogen-bond acceptors (Lipinski definition) is 7. The molecule has 0 atom stereocenters. The van der Waals surface area contributed by atoms with Gasteiger partial charge >= 0.3 is 5.69 Å². The van der Waals surface area contributed by atoms with Gasteiger partial charge in [-0.05, 0) is 12.8 Å². The van der Waals surface area contributed by atoms with Crippen LogP contribution in [0.25, 0.3) is 0 Å². The zero-order valence-corrected chi connectivity index (χ0v) is 12.5. The quantitative estimate of drug-likeness (QED) is 0.577. The normalized spacial score (nSPS) is 10.2. The second-order valence-electron chi connectivity index (χ2n) is 4.93. The molecule has 114 valence electrons. The second kappa shape index (κ2) is 7.99. The first kappa shape index (κ1) is 16.6. The van der Waals surface area contributed by atoms with E-state index in [1.807, 2.05) is 20.8 Å². The number of aromatic nitrogens is 2. The van der Waals surface area contributed by atoms with Crippen molar-refractivity contribution < 1.29 is 4.92 Å². The molecule has 0 fully saturated rings. The molecule has 0 aromatic carbocycles. The van der Waals surface area contributed by atoms with E-state index in [-0.39, 0.29) is 23.7 Å². The molecule has 1 heterocycles. The van der Waals surface area contributed by atoms with Crippen molar-refractivity contribution in [1.82, 2.24) is 9.97 Å². The number of nitrogens with zero attached hydrogens (tertiary/aromatic N) is 5. The van der Waals surface area contributed by atoms with E-state index in [2.05, 4.69) is 21.4 Å². The molecular formula is C13H20N6O2. The summed E-state index contributed by atoms with van der Waals surface area (Å²) in [7, 11) is 0. The number of hydrogen-bond donors (Lipinski definition) is 1. The number of anilines is 2. The second-order valence-corrected chi connectivity index (χ2v) is 4.93. The average molecular weight is 292 g/mol. The first-order valence-electron chi connectivity index (χ1n) is 6.86. The van der Waals surface area contributed by atoms with Gasteiger partial charge in [-0.1, -0.05) is 13.8 Å². The SMILES string of the molecule is CCNc1ncnc(N(CCC#N)CC(C)C)c1[N+](=O)[O-]. The highest BCUT2D eigenvalue weighted by Crippen LogP contribution is 2.32. The predicted octanol–water partition coefficient (Wildman–Crippen LogP) is 2.19. The first-order valence-corrected chi connectivity index (χ1v) is 6.86. The molecule has 0 bridgehead atoms. The van der Waals surface area contributed by atoms with E-state index in [4.69, 9.17) is 5.26 Å². The first-order chi connectivity index (χ1) is 10.0. The maximum Gasteiger partial charge on any atom is 0.353 e. The third-order valence-electron chi connectivity index (χ3n) is 2.71. The van der Waals surface area contributed by atoms with Gasteiger partial charge in [-0.15, -0.1) is 0 Å². The van der Waals surface area contributed by atoms with Gasteiger partial charge in [0.25, 0.3) is 0 Å². The maximum atomic E-state index is 11.4. The zero-order chi connectivity index (χ0) is 15.8. The van der Waals surface area contributed by atoms with Crippen molar-refractivity contribution in [1.29, 1.82) is 5.26 Å². The van der Waals surface area contributed by atoms with E-state index in [1.165, 1.54) is 6.33 Å². The van der Waals surface area contributed by atoms with Crippen LogP contribution < -0.4 is 10.2 Å². The summed E-state index contributed by atoms with van der Waals surface area (Å²) in [5, 5.41) is 23.0. The van der Waals surface area contributed by atoms with Crippen LogP contribution in [0.1, 0.15) is 27.2 Å². The van der Waals surface area contributed by atoms with Gasteiger partial charge in [0.15, 0.2) is 0 Å². The summed E-state index contributed by atoms with van der Waals surface area (Å²) in [6.45, 7) is 7.38. The van der Waals surface area contributed by atoms with Crippen molar-refractivity contribution in [2.75, 3.05) is 29.9 Å². The van der Waals surface area contributed by atoms with Gasteiger partial charge in [0.05, 0.1) is 17.4 Å². The summed E-state index contributed by atoms with van der Waals surface area (Å²) >= 11 is 0. The molecule has 21 heavy (non-hydrogen) atoms. The number of rotatable bonds is 8. The van der Waals surface area contributed by atoms with Crippen LogP contribution in [-0.2, 0) is 0 Å². The summed E-state index contributed by atoms with van der Waals surface area (Å²) < 4.78 is 0. The van der Waals surface area contributed by atoms with Gasteiger partial charge in [0.1, 0.15) is 6.33 Å². The van der Waals surface area contributed by atoms with Crippen LogP contribution in [0.5, 0.6) is 0 Å². The molecule has 0 aliphatic heterocycles. The van der Waals surface area contributed by atoms with Crippen LogP contribution in [0.15, 0.2) is 6.33 Å². The van der Waals surface area contributed by atoms with Crippen LogP contribution in [0.3, 0.4) is 0 Å². The molecule has 1 aromatic heterocycles. The molecule has 0 saturated carbocycles. The van der Waals surface area contributed by atoms with Crippen molar-refractivity contribution >= 4 is 17.3 Å². The third-order valence-corrected chi connectivity index (χ3v) is 2.71. The zero-order valence-electron chi connectivity index (χ0n) is 12.5. The summed E-state index contributed by atoms with van der Waals surface area (Å²) in [6.07, 6.45) is 1.59. The lowest BCUT2D eigenvalue weighted by Crippen LogP contribution is -2.30. The fourth-order valence-corrected chi connectivity index (χ4v) is 1.98. The van der Waals surface area contributed by atoms with E-state index in [9.17, 15) is 10.1 Å². The van der Waals surface area contributed by atoms with Crippen LogP contribution in [0.2, 0.25) is 0 Å². The summed E-state index contributed by atoms with van der Waals surface area (Å²) in [6, 6.07) is 2.06. The maximum absolute atomic E-state index is 11.4. The Morgan fingerprint density at radius 3 is 2.76 bits per heavy atom.